The fraction of sp³-hybridized carbons (Fsp3) is 0.154. The van der Waals surface area contributed by atoms with E-state index in [1.54, 1.807) is 0 Å². The Labute approximate surface area is 124 Å². The van der Waals surface area contributed by atoms with Crippen molar-refractivity contribution in [2.24, 2.45) is 0 Å². The average Bonchev–Trinajstić information content (AvgIpc) is 2.93. The van der Waals surface area contributed by atoms with Crippen LogP contribution in [0.3, 0.4) is 0 Å². The van der Waals surface area contributed by atoms with E-state index >= 15 is 0 Å². The van der Waals surface area contributed by atoms with Gasteiger partial charge in [-0.25, -0.2) is 14.2 Å². The Morgan fingerprint density at radius 2 is 2.24 bits per heavy atom. The van der Waals surface area contributed by atoms with E-state index in [1.165, 1.54) is 18.6 Å². The summed E-state index contributed by atoms with van der Waals surface area (Å²) in [6.45, 7) is 0. The number of hydrogen-bond acceptors (Lipinski definition) is 3. The number of benzene rings is 1. The second-order valence-electron chi connectivity index (χ2n) is 4.27. The van der Waals surface area contributed by atoms with E-state index in [0.29, 0.717) is 5.69 Å². The number of carboxylic acid groups (broad SMARTS) is 1. The molecule has 110 valence electrons. The molecule has 6 nitrogen and oxygen atoms in total. The van der Waals surface area contributed by atoms with Gasteiger partial charge < -0.3 is 15.4 Å². The maximum atomic E-state index is 13.0. The van der Waals surface area contributed by atoms with Crippen LogP contribution in [0.4, 0.5) is 4.39 Å². The van der Waals surface area contributed by atoms with Crippen molar-refractivity contribution in [2.45, 2.75) is 12.5 Å². The molecule has 1 aromatic carbocycles. The first-order valence-corrected chi connectivity index (χ1v) is 6.31. The minimum atomic E-state index is -1.19. The van der Waals surface area contributed by atoms with Crippen molar-refractivity contribution in [1.82, 2.24) is 15.3 Å². The molecule has 1 atom stereocenters. The Hall–Kier alpha value is -2.41. The minimum Gasteiger partial charge on any atom is -0.480 e. The first-order valence-electron chi connectivity index (χ1n) is 5.93. The molecule has 8 heteroatoms. The normalized spacial score (nSPS) is 11.9. The highest BCUT2D eigenvalue weighted by atomic mass is 35.5. The zero-order chi connectivity index (χ0) is 15.4. The van der Waals surface area contributed by atoms with Crippen LogP contribution in [-0.4, -0.2) is 33.0 Å². The summed E-state index contributed by atoms with van der Waals surface area (Å²) < 4.78 is 13.0. The van der Waals surface area contributed by atoms with Gasteiger partial charge in [0.1, 0.15) is 11.9 Å². The SMILES string of the molecule is O=C(N[C@@H](Cc1cnc[nH]1)C(=O)O)c1ccc(F)c(Cl)c1. The topological polar surface area (TPSA) is 95.1 Å². The molecule has 0 aliphatic carbocycles. The minimum absolute atomic E-state index is 0.0516. The summed E-state index contributed by atoms with van der Waals surface area (Å²) in [5, 5.41) is 11.3. The van der Waals surface area contributed by atoms with E-state index in [-0.39, 0.29) is 17.0 Å². The van der Waals surface area contributed by atoms with Crippen molar-refractivity contribution in [3.63, 3.8) is 0 Å². The maximum Gasteiger partial charge on any atom is 0.326 e. The highest BCUT2D eigenvalue weighted by molar-refractivity contribution is 6.31. The molecule has 21 heavy (non-hydrogen) atoms. The van der Waals surface area contributed by atoms with Crippen molar-refractivity contribution in [3.8, 4) is 0 Å². The second kappa shape index (κ2) is 6.36. The molecular formula is C13H11ClFN3O3. The van der Waals surface area contributed by atoms with Crippen LogP contribution in [0.1, 0.15) is 16.1 Å². The number of carbonyl (C=O) groups is 2. The van der Waals surface area contributed by atoms with Gasteiger partial charge >= 0.3 is 5.97 Å². The number of halogens is 2. The van der Waals surface area contributed by atoms with Crippen LogP contribution in [0.15, 0.2) is 30.7 Å². The molecule has 1 heterocycles. The molecule has 0 aliphatic rings. The number of amides is 1. The lowest BCUT2D eigenvalue weighted by Crippen LogP contribution is -2.42. The maximum absolute atomic E-state index is 13.0. The van der Waals surface area contributed by atoms with Gasteiger partial charge in [-0.3, -0.25) is 4.79 Å². The van der Waals surface area contributed by atoms with Crippen LogP contribution in [0.25, 0.3) is 0 Å². The summed E-state index contributed by atoms with van der Waals surface area (Å²) in [6.07, 6.45) is 2.93. The van der Waals surface area contributed by atoms with E-state index in [0.717, 1.165) is 12.1 Å². The first kappa shape index (κ1) is 15.0. The number of nitrogens with zero attached hydrogens (tertiary/aromatic N) is 1. The third-order valence-electron chi connectivity index (χ3n) is 2.76. The predicted octanol–water partition coefficient (Wildman–Crippen LogP) is 1.63. The van der Waals surface area contributed by atoms with Crippen molar-refractivity contribution in [3.05, 3.63) is 52.8 Å². The van der Waals surface area contributed by atoms with Crippen molar-refractivity contribution in [1.29, 1.82) is 0 Å². The molecule has 0 saturated carbocycles. The Balaban J connectivity index is 2.10. The van der Waals surface area contributed by atoms with Crippen molar-refractivity contribution < 1.29 is 19.1 Å². The highest BCUT2D eigenvalue weighted by Gasteiger charge is 2.22. The molecule has 1 aromatic heterocycles. The van der Waals surface area contributed by atoms with E-state index in [2.05, 4.69) is 15.3 Å². The molecule has 0 aliphatic heterocycles. The fourth-order valence-corrected chi connectivity index (χ4v) is 1.88. The van der Waals surface area contributed by atoms with Crippen molar-refractivity contribution in [2.75, 3.05) is 0 Å². The summed E-state index contributed by atoms with van der Waals surface area (Å²) in [7, 11) is 0. The average molecular weight is 312 g/mol. The number of imidazole rings is 1. The molecule has 0 spiro atoms. The monoisotopic (exact) mass is 311 g/mol. The lowest BCUT2D eigenvalue weighted by Gasteiger charge is -2.13. The largest absolute Gasteiger partial charge is 0.480 e. The third-order valence-corrected chi connectivity index (χ3v) is 3.05. The van der Waals surface area contributed by atoms with Crippen LogP contribution in [0.2, 0.25) is 5.02 Å². The van der Waals surface area contributed by atoms with Crippen molar-refractivity contribution >= 4 is 23.5 Å². The molecule has 2 aromatic rings. The Bertz CT molecular complexity index is 661. The molecule has 0 saturated heterocycles. The smallest absolute Gasteiger partial charge is 0.326 e. The van der Waals surface area contributed by atoms with Gasteiger partial charge in [-0.05, 0) is 18.2 Å². The molecule has 1 amide bonds. The number of aromatic amines is 1. The Morgan fingerprint density at radius 3 is 2.81 bits per heavy atom. The number of carbonyl (C=O) groups excluding carboxylic acids is 1. The Kier molecular flexibility index (Phi) is 4.54. The van der Waals surface area contributed by atoms with Gasteiger partial charge in [-0.2, -0.15) is 0 Å². The summed E-state index contributed by atoms with van der Waals surface area (Å²) in [5.74, 6) is -2.49. The van der Waals surface area contributed by atoms with Gasteiger partial charge in [0.05, 0.1) is 11.3 Å². The van der Waals surface area contributed by atoms with Crippen LogP contribution < -0.4 is 5.32 Å². The quantitative estimate of drug-likeness (QED) is 0.782. The third kappa shape index (κ3) is 3.79. The molecule has 2 rings (SSSR count). The van der Waals surface area contributed by atoms with Gasteiger partial charge in [0.2, 0.25) is 0 Å². The van der Waals surface area contributed by atoms with E-state index < -0.39 is 23.7 Å². The number of H-pyrrole nitrogens is 1. The summed E-state index contributed by atoms with van der Waals surface area (Å²) in [5.41, 5.74) is 0.650. The van der Waals surface area contributed by atoms with E-state index in [4.69, 9.17) is 16.7 Å². The molecule has 3 N–H and O–H groups in total. The standard InChI is InChI=1S/C13H11ClFN3O3/c14-9-3-7(1-2-10(9)15)12(19)18-11(13(20)21)4-8-5-16-6-17-8/h1-3,5-6,11H,4H2,(H,16,17)(H,18,19)(H,20,21)/t11-/m0/s1. The number of aliphatic carboxylic acids is 1. The van der Waals surface area contributed by atoms with Gasteiger partial charge in [0.25, 0.3) is 5.91 Å². The lowest BCUT2D eigenvalue weighted by atomic mass is 10.1. The fourth-order valence-electron chi connectivity index (χ4n) is 1.70. The lowest BCUT2D eigenvalue weighted by molar-refractivity contribution is -0.139. The van der Waals surface area contributed by atoms with Crippen LogP contribution in [-0.2, 0) is 11.2 Å². The van der Waals surface area contributed by atoms with Gasteiger partial charge in [-0.15, -0.1) is 0 Å². The number of carboxylic acids is 1. The van der Waals surface area contributed by atoms with Crippen LogP contribution in [0, 0.1) is 5.82 Å². The van der Waals surface area contributed by atoms with Gasteiger partial charge in [0.15, 0.2) is 0 Å². The van der Waals surface area contributed by atoms with Gasteiger partial charge in [0, 0.05) is 23.9 Å². The van der Waals surface area contributed by atoms with Gasteiger partial charge in [-0.1, -0.05) is 11.6 Å². The summed E-state index contributed by atoms with van der Waals surface area (Å²) >= 11 is 5.59. The first-order chi connectivity index (χ1) is 9.97. The molecule has 0 unspecified atom stereocenters. The molecule has 0 radical (unpaired) electrons. The Morgan fingerprint density at radius 1 is 1.48 bits per heavy atom. The van der Waals surface area contributed by atoms with Crippen LogP contribution in [0.5, 0.6) is 0 Å². The number of aromatic nitrogens is 2. The van der Waals surface area contributed by atoms with Crippen LogP contribution >= 0.6 is 11.6 Å². The number of rotatable bonds is 5. The zero-order valence-corrected chi connectivity index (χ0v) is 11.4. The highest BCUT2D eigenvalue weighted by Crippen LogP contribution is 2.16. The van der Waals surface area contributed by atoms with E-state index in [9.17, 15) is 14.0 Å². The predicted molar refractivity (Wildman–Crippen MR) is 72.6 cm³/mol. The number of nitrogens with one attached hydrogen (secondary N) is 2. The van der Waals surface area contributed by atoms with E-state index in [1.807, 2.05) is 0 Å². The number of hydrogen-bond donors (Lipinski definition) is 3. The second-order valence-corrected chi connectivity index (χ2v) is 4.68. The molecule has 0 fully saturated rings. The zero-order valence-electron chi connectivity index (χ0n) is 10.6. The molecular weight excluding hydrogens is 301 g/mol. The summed E-state index contributed by atoms with van der Waals surface area (Å²) in [4.78, 5) is 29.7. The summed E-state index contributed by atoms with van der Waals surface area (Å²) in [6, 6.07) is 2.27. The molecule has 0 bridgehead atoms.